The van der Waals surface area contributed by atoms with E-state index in [1.807, 2.05) is 23.2 Å². The third-order valence-corrected chi connectivity index (χ3v) is 11.6. The largest absolute Gasteiger partial charge is 0.324 e. The fraction of sp³-hybridized carbons (Fsp3) is 0.368. The summed E-state index contributed by atoms with van der Waals surface area (Å²) in [6.07, 6.45) is 12.2. The summed E-state index contributed by atoms with van der Waals surface area (Å²) in [6.45, 7) is 2.21. The molecule has 1 saturated heterocycles. The molecular formula is C38H39FN6OS2. The third-order valence-electron chi connectivity index (χ3n) is 9.70. The van der Waals surface area contributed by atoms with Crippen molar-refractivity contribution in [3.63, 3.8) is 0 Å². The number of likely N-dealkylation sites (tertiary alicyclic amines) is 1. The molecule has 10 heteroatoms. The van der Waals surface area contributed by atoms with Crippen LogP contribution in [-0.4, -0.2) is 56.1 Å². The molecular weight excluding hydrogens is 640 g/mol. The minimum atomic E-state index is -0.401. The van der Waals surface area contributed by atoms with E-state index in [9.17, 15) is 4.79 Å². The molecule has 1 aliphatic heterocycles. The number of aromatic nitrogens is 4. The Hall–Kier alpha value is -4.04. The number of nitrogens with zero attached hydrogens (tertiary/aromatic N) is 5. The molecule has 2 fully saturated rings. The molecule has 0 unspecified atom stereocenters. The number of thiazole rings is 1. The first-order valence-electron chi connectivity index (χ1n) is 16.6. The van der Waals surface area contributed by atoms with E-state index in [2.05, 4.69) is 69.6 Å². The van der Waals surface area contributed by atoms with Crippen molar-refractivity contribution in [3.05, 3.63) is 99.2 Å². The van der Waals surface area contributed by atoms with Crippen LogP contribution in [0.25, 0.3) is 21.6 Å². The van der Waals surface area contributed by atoms with Crippen LogP contribution in [0.4, 0.5) is 16.0 Å². The Kier molecular flexibility index (Phi) is 9.89. The summed E-state index contributed by atoms with van der Waals surface area (Å²) in [7, 11) is 2.18. The Morgan fingerprint density at radius 3 is 2.56 bits per heavy atom. The number of hydrogen-bond donors (Lipinski definition) is 1. The van der Waals surface area contributed by atoms with E-state index < -0.39 is 5.82 Å². The number of nitrogens with one attached hydrogen (secondary N) is 1. The van der Waals surface area contributed by atoms with Crippen molar-refractivity contribution < 1.29 is 4.39 Å². The zero-order valence-corrected chi connectivity index (χ0v) is 28.9. The molecule has 48 heavy (non-hydrogen) atoms. The molecule has 7 nitrogen and oxygen atoms in total. The maximum Gasteiger partial charge on any atom is 0.268 e. The number of pyridine rings is 1. The molecule has 0 spiro atoms. The van der Waals surface area contributed by atoms with Gasteiger partial charge in [-0.1, -0.05) is 36.1 Å². The Bertz CT molecular complexity index is 2000. The summed E-state index contributed by atoms with van der Waals surface area (Å²) in [4.78, 5) is 30.4. The van der Waals surface area contributed by atoms with Crippen LogP contribution in [-0.2, 0) is 6.54 Å². The molecule has 0 radical (unpaired) electrons. The van der Waals surface area contributed by atoms with E-state index in [4.69, 9.17) is 4.98 Å². The zero-order chi connectivity index (χ0) is 33.0. The topological polar surface area (TPSA) is 75.9 Å². The Labute approximate surface area is 289 Å². The standard InChI is InChI=1S/C38H39FN6OS2/c1-44-19-16-27(17-20-44)26-10-12-30(13-11-26)42-38-41-23-29-22-28(9-6-25-7-14-31(47-2)15-8-25)37(46)45(35(29)43-38)24-33-32(4-3-5-34(33)39)36-40-18-21-48-36/h3-5,10-13,18,21-23,25,27,31H,7-8,14-17,19-20,24H2,1-2H3,(H,41,42,43). The first kappa shape index (κ1) is 32.5. The van der Waals surface area contributed by atoms with Crippen LogP contribution in [0.1, 0.15) is 61.1 Å². The van der Waals surface area contributed by atoms with Crippen molar-refractivity contribution in [2.45, 2.75) is 56.2 Å². The average molecular weight is 679 g/mol. The first-order valence-corrected chi connectivity index (χ1v) is 18.8. The summed E-state index contributed by atoms with van der Waals surface area (Å²) in [5.41, 5.74) is 3.73. The number of halogens is 1. The second-order valence-corrected chi connectivity index (χ2v) is 14.9. The van der Waals surface area contributed by atoms with E-state index in [1.54, 1.807) is 24.5 Å². The van der Waals surface area contributed by atoms with Gasteiger partial charge in [0.05, 0.1) is 12.1 Å². The SMILES string of the molecule is CSC1CCC(C#Cc2cc3cnc(Nc4ccc(C5CCN(C)CC5)cc4)nc3n(Cc3c(F)cccc3-c3nccs3)c2=O)CC1. The van der Waals surface area contributed by atoms with E-state index in [0.29, 0.717) is 49.8 Å². The molecule has 7 rings (SSSR count). The van der Waals surface area contributed by atoms with Gasteiger partial charge in [0.1, 0.15) is 16.5 Å². The maximum atomic E-state index is 15.5. The van der Waals surface area contributed by atoms with Gasteiger partial charge in [0.2, 0.25) is 5.95 Å². The molecule has 2 aromatic carbocycles. The predicted octanol–water partition coefficient (Wildman–Crippen LogP) is 7.93. The number of rotatable bonds is 7. The van der Waals surface area contributed by atoms with Crippen molar-refractivity contribution in [1.29, 1.82) is 0 Å². The smallest absolute Gasteiger partial charge is 0.268 e. The van der Waals surface area contributed by atoms with Crippen molar-refractivity contribution in [3.8, 4) is 22.4 Å². The van der Waals surface area contributed by atoms with Gasteiger partial charge in [-0.3, -0.25) is 9.36 Å². The number of anilines is 2. The van der Waals surface area contributed by atoms with Gasteiger partial charge in [0.15, 0.2) is 0 Å². The lowest BCUT2D eigenvalue weighted by atomic mass is 9.89. The lowest BCUT2D eigenvalue weighted by molar-refractivity contribution is 0.255. The second-order valence-electron chi connectivity index (χ2n) is 12.8. The Balaban J connectivity index is 1.24. The minimum Gasteiger partial charge on any atom is -0.324 e. The van der Waals surface area contributed by atoms with Crippen LogP contribution in [0, 0.1) is 23.6 Å². The van der Waals surface area contributed by atoms with Gasteiger partial charge in [-0.15, -0.1) is 11.3 Å². The molecule has 246 valence electrons. The maximum absolute atomic E-state index is 15.5. The van der Waals surface area contributed by atoms with Gasteiger partial charge in [0.25, 0.3) is 5.56 Å². The van der Waals surface area contributed by atoms with Crippen LogP contribution < -0.4 is 10.9 Å². The number of piperidine rings is 1. The van der Waals surface area contributed by atoms with Gasteiger partial charge in [-0.25, -0.2) is 14.4 Å². The molecule has 0 atom stereocenters. The molecule has 1 aliphatic carbocycles. The highest BCUT2D eigenvalue weighted by Crippen LogP contribution is 2.32. The highest BCUT2D eigenvalue weighted by Gasteiger charge is 2.21. The van der Waals surface area contributed by atoms with Crippen molar-refractivity contribution >= 4 is 45.8 Å². The summed E-state index contributed by atoms with van der Waals surface area (Å²) in [6, 6.07) is 15.2. The first-order chi connectivity index (χ1) is 23.4. The molecule has 3 aromatic heterocycles. The lowest BCUT2D eigenvalue weighted by Gasteiger charge is -2.29. The van der Waals surface area contributed by atoms with Crippen molar-refractivity contribution in [2.75, 3.05) is 31.7 Å². The van der Waals surface area contributed by atoms with E-state index in [1.165, 1.54) is 27.5 Å². The van der Waals surface area contributed by atoms with E-state index >= 15 is 4.39 Å². The molecule has 0 bridgehead atoms. The van der Waals surface area contributed by atoms with Gasteiger partial charge in [-0.05, 0) is 101 Å². The monoisotopic (exact) mass is 678 g/mol. The second kappa shape index (κ2) is 14.6. The molecule has 1 saturated carbocycles. The highest BCUT2D eigenvalue weighted by atomic mass is 32.2. The van der Waals surface area contributed by atoms with Crippen molar-refractivity contribution in [1.82, 2.24) is 24.4 Å². The Morgan fingerprint density at radius 2 is 1.83 bits per heavy atom. The third kappa shape index (κ3) is 7.19. The number of fused-ring (bicyclic) bond motifs is 1. The highest BCUT2D eigenvalue weighted by molar-refractivity contribution is 7.99. The number of hydrogen-bond acceptors (Lipinski definition) is 8. The molecule has 2 aliphatic rings. The summed E-state index contributed by atoms with van der Waals surface area (Å²) in [5.74, 6) is 7.39. The molecule has 1 N–H and O–H groups in total. The van der Waals surface area contributed by atoms with E-state index in [0.717, 1.165) is 57.3 Å². The molecule has 4 heterocycles. The number of thioether (sulfide) groups is 1. The van der Waals surface area contributed by atoms with Crippen LogP contribution >= 0.6 is 23.1 Å². The van der Waals surface area contributed by atoms with Gasteiger partial charge in [0, 0.05) is 51.1 Å². The molecule has 0 amide bonds. The predicted molar refractivity (Wildman–Crippen MR) is 196 cm³/mol. The fourth-order valence-electron chi connectivity index (χ4n) is 6.82. The Morgan fingerprint density at radius 1 is 1.04 bits per heavy atom. The molecule has 5 aromatic rings. The van der Waals surface area contributed by atoms with Crippen molar-refractivity contribution in [2.24, 2.45) is 5.92 Å². The van der Waals surface area contributed by atoms with Gasteiger partial charge >= 0.3 is 0 Å². The van der Waals surface area contributed by atoms with Gasteiger partial charge < -0.3 is 10.2 Å². The fourth-order valence-corrected chi connectivity index (χ4v) is 8.26. The normalized spacial score (nSPS) is 18.8. The zero-order valence-electron chi connectivity index (χ0n) is 27.3. The van der Waals surface area contributed by atoms with E-state index in [-0.39, 0.29) is 18.0 Å². The average Bonchev–Trinajstić information content (AvgIpc) is 3.66. The van der Waals surface area contributed by atoms with Crippen LogP contribution in [0.2, 0.25) is 0 Å². The summed E-state index contributed by atoms with van der Waals surface area (Å²) in [5, 5.41) is 7.23. The van der Waals surface area contributed by atoms with Crippen LogP contribution in [0.15, 0.2) is 71.1 Å². The lowest BCUT2D eigenvalue weighted by Crippen LogP contribution is -2.29. The van der Waals surface area contributed by atoms with Crippen LogP contribution in [0.5, 0.6) is 0 Å². The number of benzene rings is 2. The van der Waals surface area contributed by atoms with Gasteiger partial charge in [-0.2, -0.15) is 16.7 Å². The summed E-state index contributed by atoms with van der Waals surface area (Å²) >= 11 is 3.35. The summed E-state index contributed by atoms with van der Waals surface area (Å²) < 4.78 is 17.1. The van der Waals surface area contributed by atoms with Crippen LogP contribution in [0.3, 0.4) is 0 Å². The minimum absolute atomic E-state index is 0.0208. The quantitative estimate of drug-likeness (QED) is 0.175.